The van der Waals surface area contributed by atoms with Gasteiger partial charge in [0.05, 0.1) is 6.20 Å². The molecule has 182 valence electrons. The number of aliphatic hydroxyl groups is 1. The molecule has 12 heteroatoms. The summed E-state index contributed by atoms with van der Waals surface area (Å²) in [6.07, 6.45) is 5.27. The van der Waals surface area contributed by atoms with E-state index in [1.54, 1.807) is 34.1 Å². The Balaban J connectivity index is 1.43. The van der Waals surface area contributed by atoms with Crippen molar-refractivity contribution < 1.29 is 18.3 Å². The third-order valence-corrected chi connectivity index (χ3v) is 8.13. The maximum Gasteiger partial charge on any atom is 0.324 e. The molecule has 34 heavy (non-hydrogen) atoms. The monoisotopic (exact) mass is 487 g/mol. The quantitative estimate of drug-likeness (QED) is 0.383. The first-order valence-corrected chi connectivity index (χ1v) is 12.6. The Hall–Kier alpha value is -3.09. The number of nitrogens with one attached hydrogen (secondary N) is 1. The third-order valence-electron chi connectivity index (χ3n) is 6.34. The van der Waals surface area contributed by atoms with Gasteiger partial charge in [0.2, 0.25) is 0 Å². The van der Waals surface area contributed by atoms with Crippen molar-refractivity contribution in [3.63, 3.8) is 0 Å². The zero-order valence-corrected chi connectivity index (χ0v) is 19.6. The van der Waals surface area contributed by atoms with Gasteiger partial charge >= 0.3 is 6.03 Å². The highest BCUT2D eigenvalue weighted by Crippen LogP contribution is 2.27. The van der Waals surface area contributed by atoms with E-state index in [2.05, 4.69) is 9.97 Å². The summed E-state index contributed by atoms with van der Waals surface area (Å²) in [6.45, 7) is 1.94. The van der Waals surface area contributed by atoms with Crippen molar-refractivity contribution in [3.05, 3.63) is 48.4 Å². The van der Waals surface area contributed by atoms with Crippen LogP contribution in [0, 0.1) is 17.2 Å². The van der Waals surface area contributed by atoms with Gasteiger partial charge in [-0.2, -0.15) is 4.31 Å². The normalized spacial score (nSPS) is 20.5. The minimum absolute atomic E-state index is 0.0541. The molecule has 2 aliphatic heterocycles. The first-order chi connectivity index (χ1) is 16.3. The van der Waals surface area contributed by atoms with Crippen LogP contribution in [0.25, 0.3) is 0 Å². The Morgan fingerprint density at radius 3 is 2.59 bits per heavy atom. The summed E-state index contributed by atoms with van der Waals surface area (Å²) in [6, 6.07) is 6.79. The van der Waals surface area contributed by atoms with E-state index in [0.29, 0.717) is 56.8 Å². The van der Waals surface area contributed by atoms with E-state index >= 15 is 0 Å². The summed E-state index contributed by atoms with van der Waals surface area (Å²) >= 11 is 0. The lowest BCUT2D eigenvalue weighted by molar-refractivity contribution is 0.128. The van der Waals surface area contributed by atoms with Crippen molar-refractivity contribution in [1.82, 2.24) is 19.2 Å². The van der Waals surface area contributed by atoms with Crippen LogP contribution in [0.4, 0.5) is 10.5 Å². The molecule has 2 fully saturated rings. The average Bonchev–Trinajstić information content (AvgIpc) is 2.86. The molecule has 0 bridgehead atoms. The minimum Gasteiger partial charge on any atom is -0.396 e. The Morgan fingerprint density at radius 2 is 1.94 bits per heavy atom. The molecular formula is C22H29N7O4S. The number of urea groups is 1. The molecule has 0 aliphatic carbocycles. The van der Waals surface area contributed by atoms with E-state index in [1.165, 1.54) is 22.9 Å². The molecule has 0 saturated carbocycles. The first-order valence-electron chi connectivity index (χ1n) is 11.2. The lowest BCUT2D eigenvalue weighted by Crippen LogP contribution is -2.56. The molecule has 0 spiro atoms. The summed E-state index contributed by atoms with van der Waals surface area (Å²) in [5, 5.41) is 17.4. The van der Waals surface area contributed by atoms with E-state index in [1.807, 2.05) is 0 Å². The van der Waals surface area contributed by atoms with Gasteiger partial charge in [0.1, 0.15) is 5.84 Å². The van der Waals surface area contributed by atoms with E-state index in [4.69, 9.17) is 11.1 Å². The SMILES string of the molecule is N=C(N)c1cccc(N2CC(CO)CN(CC3CCN(S(=O)(=O)c4cnccn4)CC3)C2=O)c1. The van der Waals surface area contributed by atoms with Gasteiger partial charge < -0.3 is 15.7 Å². The number of sulfonamides is 1. The molecule has 0 radical (unpaired) electrons. The van der Waals surface area contributed by atoms with Crippen LogP contribution in [-0.2, 0) is 10.0 Å². The molecule has 1 aromatic heterocycles. The highest BCUT2D eigenvalue weighted by molar-refractivity contribution is 7.89. The number of aromatic nitrogens is 2. The van der Waals surface area contributed by atoms with Gasteiger partial charge in [-0.3, -0.25) is 15.3 Å². The van der Waals surface area contributed by atoms with Crippen molar-refractivity contribution in [2.45, 2.75) is 17.9 Å². The number of anilines is 1. The van der Waals surface area contributed by atoms with Crippen molar-refractivity contribution in [3.8, 4) is 0 Å². The molecule has 3 heterocycles. The number of amidine groups is 1. The van der Waals surface area contributed by atoms with Gasteiger partial charge in [0, 0.05) is 68.9 Å². The number of aliphatic hydroxyl groups excluding tert-OH is 1. The molecule has 2 saturated heterocycles. The second-order valence-electron chi connectivity index (χ2n) is 8.70. The van der Waals surface area contributed by atoms with E-state index < -0.39 is 10.0 Å². The number of piperidine rings is 1. The zero-order valence-electron chi connectivity index (χ0n) is 18.7. The number of nitrogens with zero attached hydrogens (tertiary/aromatic N) is 5. The number of benzene rings is 1. The molecule has 11 nitrogen and oxygen atoms in total. The summed E-state index contributed by atoms with van der Waals surface area (Å²) in [7, 11) is -3.69. The van der Waals surface area contributed by atoms with Gasteiger partial charge in [-0.1, -0.05) is 12.1 Å². The van der Waals surface area contributed by atoms with Crippen molar-refractivity contribution in [2.24, 2.45) is 17.6 Å². The number of nitrogens with two attached hydrogens (primary N) is 1. The molecule has 2 aliphatic rings. The van der Waals surface area contributed by atoms with E-state index in [-0.39, 0.29) is 35.3 Å². The fourth-order valence-corrected chi connectivity index (χ4v) is 5.82. The smallest absolute Gasteiger partial charge is 0.324 e. The predicted molar refractivity (Wildman–Crippen MR) is 126 cm³/mol. The van der Waals surface area contributed by atoms with Gasteiger partial charge in [-0.05, 0) is 30.9 Å². The second kappa shape index (κ2) is 10.0. The van der Waals surface area contributed by atoms with Crippen LogP contribution in [-0.4, -0.2) is 83.9 Å². The molecule has 2 amide bonds. The van der Waals surface area contributed by atoms with Gasteiger partial charge in [-0.15, -0.1) is 0 Å². The van der Waals surface area contributed by atoms with Gasteiger partial charge in [0.15, 0.2) is 5.03 Å². The number of rotatable bonds is 7. The number of hydrogen-bond donors (Lipinski definition) is 3. The maximum atomic E-state index is 13.3. The highest BCUT2D eigenvalue weighted by Gasteiger charge is 2.36. The summed E-state index contributed by atoms with van der Waals surface area (Å²) < 4.78 is 27.0. The molecule has 1 atom stereocenters. The Labute approximate surface area is 198 Å². The number of carbonyl (C=O) groups excluding carboxylic acids is 1. The lowest BCUT2D eigenvalue weighted by atomic mass is 9.96. The van der Waals surface area contributed by atoms with Crippen LogP contribution < -0.4 is 10.6 Å². The summed E-state index contributed by atoms with van der Waals surface area (Å²) in [4.78, 5) is 24.4. The molecule has 1 unspecified atom stereocenters. The first kappa shape index (κ1) is 24.0. The van der Waals surface area contributed by atoms with Crippen molar-refractivity contribution >= 4 is 27.6 Å². The third kappa shape index (κ3) is 5.03. The summed E-state index contributed by atoms with van der Waals surface area (Å²) in [5.74, 6) is -0.0546. The molecule has 4 rings (SSSR count). The van der Waals surface area contributed by atoms with Gasteiger partial charge in [0.25, 0.3) is 10.0 Å². The van der Waals surface area contributed by atoms with Crippen LogP contribution in [0.5, 0.6) is 0 Å². The van der Waals surface area contributed by atoms with Crippen LogP contribution in [0.2, 0.25) is 0 Å². The second-order valence-corrected chi connectivity index (χ2v) is 10.6. The number of nitrogen functional groups attached to an aromatic ring is 1. The predicted octanol–water partition coefficient (Wildman–Crippen LogP) is 0.712. The van der Waals surface area contributed by atoms with Gasteiger partial charge in [-0.25, -0.2) is 18.2 Å². The van der Waals surface area contributed by atoms with Crippen LogP contribution in [0.3, 0.4) is 0 Å². The Bertz CT molecular complexity index is 1140. The average molecular weight is 488 g/mol. The minimum atomic E-state index is -3.69. The standard InChI is InChI=1S/C22H29N7O4S/c23-21(24)18-2-1-3-19(10-18)29-14-17(15-30)13-27(22(29)31)12-16-4-8-28(9-5-16)34(32,33)20-11-25-6-7-26-20/h1-3,6-7,10-11,16-17,30H,4-5,8-9,12-15H2,(H3,23,24). The van der Waals surface area contributed by atoms with E-state index in [0.717, 1.165) is 0 Å². The van der Waals surface area contributed by atoms with E-state index in [9.17, 15) is 18.3 Å². The van der Waals surface area contributed by atoms with Crippen molar-refractivity contribution in [1.29, 1.82) is 5.41 Å². The molecular weight excluding hydrogens is 458 g/mol. The fraction of sp³-hybridized carbons (Fsp3) is 0.455. The van der Waals surface area contributed by atoms with Crippen molar-refractivity contribution in [2.75, 3.05) is 44.2 Å². The highest BCUT2D eigenvalue weighted by atomic mass is 32.2. The summed E-state index contributed by atoms with van der Waals surface area (Å²) in [5.41, 5.74) is 6.76. The Morgan fingerprint density at radius 1 is 1.18 bits per heavy atom. The molecule has 1 aromatic carbocycles. The topological polar surface area (TPSA) is 157 Å². The number of amides is 2. The lowest BCUT2D eigenvalue weighted by Gasteiger charge is -2.42. The van der Waals surface area contributed by atoms with Crippen LogP contribution in [0.1, 0.15) is 18.4 Å². The number of carbonyl (C=O) groups is 1. The fourth-order valence-electron chi connectivity index (χ4n) is 4.47. The van der Waals surface area contributed by atoms with Crippen LogP contribution >= 0.6 is 0 Å². The molecule has 4 N–H and O–H groups in total. The largest absolute Gasteiger partial charge is 0.396 e. The zero-order chi connectivity index (χ0) is 24.3. The Kier molecular flexibility index (Phi) is 7.10. The molecule has 2 aromatic rings. The number of hydrogen-bond acceptors (Lipinski definition) is 7. The van der Waals surface area contributed by atoms with Crippen LogP contribution in [0.15, 0.2) is 47.9 Å². The maximum absolute atomic E-state index is 13.3.